The number of hydrogen-bond acceptors (Lipinski definition) is 8. The lowest BCUT2D eigenvalue weighted by atomic mass is 10.1. The molecule has 0 spiro atoms. The molecule has 0 bridgehead atoms. The zero-order chi connectivity index (χ0) is 27.7. The number of carbonyl (C=O) groups is 1. The largest absolute Gasteiger partial charge is 0.447 e. The lowest BCUT2D eigenvalue weighted by Crippen LogP contribution is -2.45. The Balaban J connectivity index is 1.48. The minimum absolute atomic E-state index is 0.173. The molecule has 1 saturated heterocycles. The maximum atomic E-state index is 13.0. The minimum atomic E-state index is -4.53. The molecule has 3 atom stereocenters. The lowest BCUT2D eigenvalue weighted by molar-refractivity contribution is -0.141. The summed E-state index contributed by atoms with van der Waals surface area (Å²) >= 11 is 0. The maximum Gasteiger partial charge on any atom is 0.433 e. The minimum Gasteiger partial charge on any atom is -0.447 e. The molecule has 1 amide bonds. The Labute approximate surface area is 218 Å². The van der Waals surface area contributed by atoms with Gasteiger partial charge in [0.15, 0.2) is 0 Å². The lowest BCUT2D eigenvalue weighted by Gasteiger charge is -2.31. The van der Waals surface area contributed by atoms with E-state index in [0.717, 1.165) is 6.07 Å². The zero-order valence-electron chi connectivity index (χ0n) is 21.7. The second-order valence-electron chi connectivity index (χ2n) is 9.93. The first-order valence-corrected chi connectivity index (χ1v) is 12.1. The van der Waals surface area contributed by atoms with Crippen LogP contribution in [0.2, 0.25) is 0 Å². The molecular formula is C26H29F3N6O3. The highest BCUT2D eigenvalue weighted by Crippen LogP contribution is 2.30. The number of nitrogens with zero attached hydrogens (tertiary/aromatic N) is 5. The van der Waals surface area contributed by atoms with Crippen LogP contribution in [-0.4, -0.2) is 50.4 Å². The highest BCUT2D eigenvalue weighted by molar-refractivity contribution is 5.89. The Bertz CT molecular complexity index is 1280. The van der Waals surface area contributed by atoms with Crippen molar-refractivity contribution in [2.45, 2.75) is 64.6 Å². The fourth-order valence-electron chi connectivity index (χ4n) is 4.07. The maximum absolute atomic E-state index is 13.0. The number of halogens is 3. The summed E-state index contributed by atoms with van der Waals surface area (Å²) in [5, 5.41) is 3.15. The Morgan fingerprint density at radius 1 is 1.08 bits per heavy atom. The van der Waals surface area contributed by atoms with Crippen LogP contribution < -0.4 is 10.2 Å². The Morgan fingerprint density at radius 3 is 2.50 bits per heavy atom. The van der Waals surface area contributed by atoms with Crippen molar-refractivity contribution in [1.29, 1.82) is 0 Å². The first kappa shape index (κ1) is 27.2. The van der Waals surface area contributed by atoms with E-state index >= 15 is 0 Å². The van der Waals surface area contributed by atoms with E-state index in [0.29, 0.717) is 17.1 Å². The molecule has 0 radical (unpaired) electrons. The van der Waals surface area contributed by atoms with Crippen LogP contribution in [0.15, 0.2) is 48.8 Å². The van der Waals surface area contributed by atoms with Crippen LogP contribution in [0, 0.1) is 0 Å². The van der Waals surface area contributed by atoms with Crippen LogP contribution in [0.25, 0.3) is 11.3 Å². The van der Waals surface area contributed by atoms with Crippen LogP contribution in [0.1, 0.15) is 52.0 Å². The number of rotatable bonds is 7. The van der Waals surface area contributed by atoms with E-state index in [4.69, 9.17) is 9.47 Å². The fraction of sp³-hybridized carbons (Fsp3) is 0.423. The molecule has 4 heterocycles. The molecule has 3 aromatic rings. The smallest absolute Gasteiger partial charge is 0.433 e. The zero-order valence-corrected chi connectivity index (χ0v) is 21.7. The summed E-state index contributed by atoms with van der Waals surface area (Å²) in [5.74, 6) is 0.633. The molecule has 0 aliphatic carbocycles. The highest BCUT2D eigenvalue weighted by Gasteiger charge is 2.40. The van der Waals surface area contributed by atoms with Gasteiger partial charge in [0.2, 0.25) is 5.95 Å². The number of alkyl halides is 3. The normalized spacial score (nSPS) is 17.7. The number of nitrogens with one attached hydrogen (secondary N) is 1. The van der Waals surface area contributed by atoms with E-state index in [-0.39, 0.29) is 36.4 Å². The van der Waals surface area contributed by atoms with Crippen LogP contribution in [-0.2, 0) is 15.7 Å². The second-order valence-corrected chi connectivity index (χ2v) is 9.93. The van der Waals surface area contributed by atoms with Gasteiger partial charge >= 0.3 is 12.3 Å². The molecule has 1 aliphatic rings. The van der Waals surface area contributed by atoms with E-state index in [1.165, 1.54) is 29.4 Å². The van der Waals surface area contributed by atoms with Gasteiger partial charge in [0.25, 0.3) is 0 Å². The van der Waals surface area contributed by atoms with E-state index in [9.17, 15) is 18.0 Å². The Morgan fingerprint density at radius 2 is 1.84 bits per heavy atom. The fourth-order valence-corrected chi connectivity index (χ4v) is 4.07. The van der Waals surface area contributed by atoms with Gasteiger partial charge in [0.05, 0.1) is 29.1 Å². The van der Waals surface area contributed by atoms with Crippen molar-refractivity contribution in [3.63, 3.8) is 0 Å². The Hall–Kier alpha value is -3.80. The van der Waals surface area contributed by atoms with E-state index in [1.807, 2.05) is 34.6 Å². The summed E-state index contributed by atoms with van der Waals surface area (Å²) in [5.41, 5.74) is -0.123. The van der Waals surface area contributed by atoms with Crippen LogP contribution in [0.4, 0.5) is 29.7 Å². The average Bonchev–Trinajstić information content (AvgIpc) is 3.24. The summed E-state index contributed by atoms with van der Waals surface area (Å²) < 4.78 is 50.3. The number of carbonyl (C=O) groups excluding carboxylic acids is 1. The van der Waals surface area contributed by atoms with Crippen molar-refractivity contribution in [1.82, 2.24) is 19.9 Å². The predicted octanol–water partition coefficient (Wildman–Crippen LogP) is 5.65. The van der Waals surface area contributed by atoms with Crippen molar-refractivity contribution in [2.75, 3.05) is 16.8 Å². The summed E-state index contributed by atoms with van der Waals surface area (Å²) in [4.78, 5) is 30.8. The molecule has 0 aromatic carbocycles. The third-order valence-electron chi connectivity index (χ3n) is 5.79. The molecule has 38 heavy (non-hydrogen) atoms. The van der Waals surface area contributed by atoms with E-state index in [2.05, 4.69) is 25.3 Å². The van der Waals surface area contributed by atoms with Crippen molar-refractivity contribution < 1.29 is 27.4 Å². The van der Waals surface area contributed by atoms with Crippen LogP contribution in [0.3, 0.4) is 0 Å². The molecule has 0 unspecified atom stereocenters. The van der Waals surface area contributed by atoms with E-state index in [1.54, 1.807) is 18.2 Å². The summed E-state index contributed by atoms with van der Waals surface area (Å²) in [6.45, 7) is 9.73. The number of aromatic nitrogens is 4. The first-order valence-electron chi connectivity index (χ1n) is 12.1. The molecule has 12 heteroatoms. The monoisotopic (exact) mass is 530 g/mol. The van der Waals surface area contributed by atoms with Crippen molar-refractivity contribution in [2.24, 2.45) is 0 Å². The summed E-state index contributed by atoms with van der Waals surface area (Å²) in [6, 6.07) is 7.99. The predicted molar refractivity (Wildman–Crippen MR) is 134 cm³/mol. The molecule has 202 valence electrons. The van der Waals surface area contributed by atoms with Gasteiger partial charge in [0, 0.05) is 18.0 Å². The molecule has 9 nitrogen and oxygen atoms in total. The van der Waals surface area contributed by atoms with E-state index < -0.39 is 23.6 Å². The molecule has 0 saturated carbocycles. The molecule has 4 rings (SSSR count). The topological polar surface area (TPSA) is 102 Å². The number of anilines is 2. The van der Waals surface area contributed by atoms with Crippen LogP contribution in [0.5, 0.6) is 0 Å². The second kappa shape index (κ2) is 10.5. The van der Waals surface area contributed by atoms with Crippen molar-refractivity contribution in [3.8, 4) is 11.3 Å². The summed E-state index contributed by atoms with van der Waals surface area (Å²) in [6.07, 6.45) is -2.35. The van der Waals surface area contributed by atoms with Crippen molar-refractivity contribution in [3.05, 3.63) is 60.2 Å². The SMILES string of the molecule is C[C@H](Nc1nccc(N2C(=O)OC[C@@H]2[C@@H](C)OC(C)(C)C)n1)c1ccc(-c2cccc(C(F)(F)F)n2)cn1. The van der Waals surface area contributed by atoms with Crippen molar-refractivity contribution >= 4 is 17.9 Å². The van der Waals surface area contributed by atoms with Gasteiger partial charge in [-0.25, -0.2) is 14.8 Å². The summed E-state index contributed by atoms with van der Waals surface area (Å²) in [7, 11) is 0. The molecule has 1 N–H and O–H groups in total. The van der Waals surface area contributed by atoms with Crippen LogP contribution >= 0.6 is 0 Å². The third kappa shape index (κ3) is 6.36. The van der Waals surface area contributed by atoms with Gasteiger partial charge in [-0.05, 0) is 65.0 Å². The number of cyclic esters (lactones) is 1. The quantitative estimate of drug-likeness (QED) is 0.418. The number of pyridine rings is 2. The number of ether oxygens (including phenoxy) is 2. The van der Waals surface area contributed by atoms with Gasteiger partial charge in [0.1, 0.15) is 24.2 Å². The number of amides is 1. The molecule has 1 fully saturated rings. The third-order valence-corrected chi connectivity index (χ3v) is 5.79. The van der Waals surface area contributed by atoms with Gasteiger partial charge in [-0.2, -0.15) is 18.2 Å². The molecular weight excluding hydrogens is 501 g/mol. The number of hydrogen-bond donors (Lipinski definition) is 1. The first-order chi connectivity index (χ1) is 17.8. The van der Waals surface area contributed by atoms with Gasteiger partial charge in [-0.3, -0.25) is 9.88 Å². The standard InChI is InChI=1S/C26H29F3N6O3/c1-15(18-10-9-17(13-31-18)19-7-6-8-21(33-19)26(27,28)29)32-23-30-12-11-22(34-23)35-20(14-37-24(35)36)16(2)38-25(3,4)5/h6-13,15-16,20H,14H2,1-5H3,(H,30,32,34)/t15-,16+,20+/m0/s1. The average molecular weight is 531 g/mol. The van der Waals surface area contributed by atoms with Gasteiger partial charge < -0.3 is 14.8 Å². The Kier molecular flexibility index (Phi) is 7.54. The molecule has 1 aliphatic heterocycles. The van der Waals surface area contributed by atoms with Gasteiger partial charge in [-0.1, -0.05) is 6.07 Å². The van der Waals surface area contributed by atoms with Gasteiger partial charge in [-0.15, -0.1) is 0 Å². The molecule has 3 aromatic heterocycles. The highest BCUT2D eigenvalue weighted by atomic mass is 19.4.